The van der Waals surface area contributed by atoms with Gasteiger partial charge in [0, 0.05) is 13.0 Å². The maximum atomic E-state index is 9.52. The number of hydrogen-bond donors (Lipinski definition) is 2. The highest BCUT2D eigenvalue weighted by Gasteiger charge is 2.12. The fourth-order valence-electron chi connectivity index (χ4n) is 1.75. The molecule has 1 aliphatic rings. The summed E-state index contributed by atoms with van der Waals surface area (Å²) < 4.78 is 0. The van der Waals surface area contributed by atoms with Crippen molar-refractivity contribution >= 4 is 11.3 Å². The number of allylic oxidation sites excluding steroid dienone is 1. The van der Waals surface area contributed by atoms with Gasteiger partial charge in [0.25, 0.3) is 0 Å². The van der Waals surface area contributed by atoms with Crippen LogP contribution in [0.3, 0.4) is 0 Å². The number of hydrazone groups is 1. The molecule has 0 aliphatic carbocycles. The molecule has 1 aliphatic heterocycles. The molecule has 84 valence electrons. The number of aliphatic hydroxyl groups excluding tert-OH is 1. The molecule has 0 saturated carbocycles. The number of rotatable bonds is 3. The Labute approximate surface area is 95.5 Å². The normalized spacial score (nSPS) is 16.5. The standard InChI is InChI=1S/C13H16N2O/c1-9(13-6-7-14-15-13)11-4-3-5-12(8-11)10(2)16/h3-5,8,10,14,16H,1,6-7H2,2H3. The van der Waals surface area contributed by atoms with Gasteiger partial charge < -0.3 is 10.5 Å². The van der Waals surface area contributed by atoms with Crippen molar-refractivity contribution in [3.05, 3.63) is 42.0 Å². The maximum absolute atomic E-state index is 9.52. The summed E-state index contributed by atoms with van der Waals surface area (Å²) in [5.74, 6) is 0. The molecule has 0 fully saturated rings. The third-order valence-corrected chi connectivity index (χ3v) is 2.75. The van der Waals surface area contributed by atoms with Crippen LogP contribution in [0.1, 0.15) is 30.6 Å². The van der Waals surface area contributed by atoms with Crippen LogP contribution in [0.5, 0.6) is 0 Å². The molecule has 0 amide bonds. The molecule has 0 saturated heterocycles. The van der Waals surface area contributed by atoms with Gasteiger partial charge in [0.05, 0.1) is 11.8 Å². The van der Waals surface area contributed by atoms with E-state index in [1.54, 1.807) is 6.92 Å². The molecule has 1 aromatic carbocycles. The maximum Gasteiger partial charge on any atom is 0.0762 e. The predicted octanol–water partition coefficient (Wildman–Crippen LogP) is 2.10. The summed E-state index contributed by atoms with van der Waals surface area (Å²) in [6.45, 7) is 6.69. The number of hydrogen-bond acceptors (Lipinski definition) is 3. The minimum Gasteiger partial charge on any atom is -0.389 e. The third-order valence-electron chi connectivity index (χ3n) is 2.75. The van der Waals surface area contributed by atoms with Crippen LogP contribution >= 0.6 is 0 Å². The number of aliphatic hydroxyl groups is 1. The first-order chi connectivity index (χ1) is 7.68. The van der Waals surface area contributed by atoms with Gasteiger partial charge >= 0.3 is 0 Å². The van der Waals surface area contributed by atoms with E-state index in [1.807, 2.05) is 24.3 Å². The van der Waals surface area contributed by atoms with Crippen molar-refractivity contribution in [2.75, 3.05) is 6.54 Å². The zero-order valence-electron chi connectivity index (χ0n) is 9.40. The van der Waals surface area contributed by atoms with Gasteiger partial charge in [-0.05, 0) is 29.7 Å². The fraction of sp³-hybridized carbons (Fsp3) is 0.308. The highest BCUT2D eigenvalue weighted by atomic mass is 16.3. The largest absolute Gasteiger partial charge is 0.389 e. The average Bonchev–Trinajstić information content (AvgIpc) is 2.81. The Kier molecular flexibility index (Phi) is 3.06. The van der Waals surface area contributed by atoms with Crippen molar-refractivity contribution in [3.8, 4) is 0 Å². The molecule has 16 heavy (non-hydrogen) atoms. The van der Waals surface area contributed by atoms with Crippen LogP contribution in [-0.4, -0.2) is 17.4 Å². The molecule has 3 heteroatoms. The van der Waals surface area contributed by atoms with Gasteiger partial charge in [-0.3, -0.25) is 0 Å². The van der Waals surface area contributed by atoms with E-state index in [4.69, 9.17) is 0 Å². The van der Waals surface area contributed by atoms with Crippen LogP contribution in [0.15, 0.2) is 35.9 Å². The Bertz CT molecular complexity index is 435. The van der Waals surface area contributed by atoms with E-state index in [9.17, 15) is 5.11 Å². The smallest absolute Gasteiger partial charge is 0.0762 e. The summed E-state index contributed by atoms with van der Waals surface area (Å²) in [4.78, 5) is 0. The molecule has 1 heterocycles. The second-order valence-corrected chi connectivity index (χ2v) is 4.00. The first-order valence-corrected chi connectivity index (χ1v) is 5.45. The first-order valence-electron chi connectivity index (χ1n) is 5.45. The van der Waals surface area contributed by atoms with Crippen molar-refractivity contribution in [3.63, 3.8) is 0 Å². The van der Waals surface area contributed by atoms with Crippen LogP contribution in [-0.2, 0) is 0 Å². The van der Waals surface area contributed by atoms with Gasteiger partial charge in [-0.2, -0.15) is 5.10 Å². The zero-order chi connectivity index (χ0) is 11.5. The second-order valence-electron chi connectivity index (χ2n) is 4.00. The van der Waals surface area contributed by atoms with E-state index in [1.165, 1.54) is 0 Å². The Hall–Kier alpha value is -1.61. The second kappa shape index (κ2) is 4.49. The molecule has 0 radical (unpaired) electrons. The summed E-state index contributed by atoms with van der Waals surface area (Å²) in [5, 5.41) is 13.7. The van der Waals surface area contributed by atoms with Crippen LogP contribution in [0, 0.1) is 0 Å². The Morgan fingerprint density at radius 2 is 2.38 bits per heavy atom. The first kappa shape index (κ1) is 10.9. The van der Waals surface area contributed by atoms with E-state index in [-0.39, 0.29) is 0 Å². The van der Waals surface area contributed by atoms with Gasteiger partial charge in [0.1, 0.15) is 0 Å². The van der Waals surface area contributed by atoms with E-state index >= 15 is 0 Å². The molecular formula is C13H16N2O. The van der Waals surface area contributed by atoms with Gasteiger partial charge in [0.2, 0.25) is 0 Å². The fourth-order valence-corrected chi connectivity index (χ4v) is 1.75. The van der Waals surface area contributed by atoms with Gasteiger partial charge in [-0.1, -0.05) is 24.8 Å². The van der Waals surface area contributed by atoms with Crippen LogP contribution in [0.4, 0.5) is 0 Å². The average molecular weight is 216 g/mol. The Morgan fingerprint density at radius 1 is 1.56 bits per heavy atom. The molecular weight excluding hydrogens is 200 g/mol. The lowest BCUT2D eigenvalue weighted by molar-refractivity contribution is 0.199. The van der Waals surface area contributed by atoms with Crippen molar-refractivity contribution < 1.29 is 5.11 Å². The van der Waals surface area contributed by atoms with E-state index in [2.05, 4.69) is 17.1 Å². The highest BCUT2D eigenvalue weighted by Crippen LogP contribution is 2.21. The summed E-state index contributed by atoms with van der Waals surface area (Å²) >= 11 is 0. The summed E-state index contributed by atoms with van der Waals surface area (Å²) in [5.41, 5.74) is 6.81. The van der Waals surface area contributed by atoms with Crippen LogP contribution in [0.2, 0.25) is 0 Å². The Morgan fingerprint density at radius 3 is 3.00 bits per heavy atom. The minimum atomic E-state index is -0.448. The molecule has 0 aromatic heterocycles. The van der Waals surface area contributed by atoms with Crippen LogP contribution in [0.25, 0.3) is 5.57 Å². The summed E-state index contributed by atoms with van der Waals surface area (Å²) in [7, 11) is 0. The third kappa shape index (κ3) is 2.14. The summed E-state index contributed by atoms with van der Waals surface area (Å²) in [6.07, 6.45) is 0.467. The Balaban J connectivity index is 2.26. The van der Waals surface area contributed by atoms with Crippen molar-refractivity contribution in [2.24, 2.45) is 5.10 Å². The van der Waals surface area contributed by atoms with Gasteiger partial charge in [-0.15, -0.1) is 0 Å². The number of nitrogens with zero attached hydrogens (tertiary/aromatic N) is 1. The zero-order valence-corrected chi connectivity index (χ0v) is 9.40. The monoisotopic (exact) mass is 216 g/mol. The molecule has 1 atom stereocenters. The lowest BCUT2D eigenvalue weighted by atomic mass is 9.98. The molecule has 0 spiro atoms. The molecule has 1 unspecified atom stereocenters. The summed E-state index contributed by atoms with van der Waals surface area (Å²) in [6, 6.07) is 7.81. The topological polar surface area (TPSA) is 44.6 Å². The molecule has 3 nitrogen and oxygen atoms in total. The van der Waals surface area contributed by atoms with Crippen molar-refractivity contribution in [2.45, 2.75) is 19.4 Å². The molecule has 0 bridgehead atoms. The lowest BCUT2D eigenvalue weighted by Crippen LogP contribution is -2.00. The van der Waals surface area contributed by atoms with Gasteiger partial charge in [-0.25, -0.2) is 0 Å². The highest BCUT2D eigenvalue weighted by molar-refractivity contribution is 6.23. The number of benzene rings is 1. The SMILES string of the molecule is C=C(C1=NNCC1)c1cccc(C(C)O)c1. The van der Waals surface area contributed by atoms with E-state index < -0.39 is 6.10 Å². The lowest BCUT2D eigenvalue weighted by Gasteiger charge is -2.09. The number of nitrogens with one attached hydrogen (secondary N) is 1. The van der Waals surface area contributed by atoms with Gasteiger partial charge in [0.15, 0.2) is 0 Å². The molecule has 2 N–H and O–H groups in total. The van der Waals surface area contributed by atoms with Crippen LogP contribution < -0.4 is 5.43 Å². The molecule has 1 aromatic rings. The van der Waals surface area contributed by atoms with Crippen molar-refractivity contribution in [1.29, 1.82) is 0 Å². The van der Waals surface area contributed by atoms with E-state index in [0.717, 1.165) is 35.4 Å². The van der Waals surface area contributed by atoms with E-state index in [0.29, 0.717) is 0 Å². The van der Waals surface area contributed by atoms with Crippen molar-refractivity contribution in [1.82, 2.24) is 5.43 Å². The minimum absolute atomic E-state index is 0.448. The predicted molar refractivity (Wildman–Crippen MR) is 66.2 cm³/mol. The quantitative estimate of drug-likeness (QED) is 0.812. The molecule has 2 rings (SSSR count).